The SMILES string of the molecule is CC(C)c1ccc2oc3cc(N(c4ccc5c(c4)oc4ccc(CC(C)c6ccc7oc8cc(N(c9ccc%10c(c9)oc9ccc(-c%11ccccc%11)cc9%10)c9cc%10ccccc%10c%10ccccc9%10)ccc8c7c6)cc45)c4cc5ccccc5c5ccccc45)ccc3c2c1. The molecule has 94 heavy (non-hydrogen) atoms. The molecule has 0 bridgehead atoms. The normalized spacial score (nSPS) is 12.5. The average molecular weight is 1210 g/mol. The number of benzene rings is 15. The second kappa shape index (κ2) is 21.1. The predicted molar refractivity (Wildman–Crippen MR) is 393 cm³/mol. The van der Waals surface area contributed by atoms with Crippen molar-refractivity contribution >= 4 is 165 Å². The van der Waals surface area contributed by atoms with Crippen molar-refractivity contribution < 1.29 is 17.7 Å². The van der Waals surface area contributed by atoms with Crippen LogP contribution >= 0.6 is 0 Å². The van der Waals surface area contributed by atoms with Gasteiger partial charge in [0.05, 0.1) is 11.4 Å². The molecule has 0 saturated heterocycles. The first-order chi connectivity index (χ1) is 46.3. The predicted octanol–water partition coefficient (Wildman–Crippen LogP) is 26.0. The van der Waals surface area contributed by atoms with E-state index in [1.165, 1.54) is 54.6 Å². The van der Waals surface area contributed by atoms with Crippen molar-refractivity contribution in [2.24, 2.45) is 0 Å². The van der Waals surface area contributed by atoms with Gasteiger partial charge < -0.3 is 27.5 Å². The van der Waals surface area contributed by atoms with Crippen molar-refractivity contribution in [1.29, 1.82) is 0 Å². The Hall–Kier alpha value is -11.9. The van der Waals surface area contributed by atoms with Gasteiger partial charge in [0.2, 0.25) is 0 Å². The molecule has 0 spiro atoms. The van der Waals surface area contributed by atoms with Gasteiger partial charge in [-0.3, -0.25) is 0 Å². The minimum absolute atomic E-state index is 0.206. The van der Waals surface area contributed by atoms with Crippen molar-refractivity contribution in [3.8, 4) is 11.1 Å². The Balaban J connectivity index is 0.664. The molecule has 0 radical (unpaired) electrons. The van der Waals surface area contributed by atoms with Gasteiger partial charge in [-0.05, 0) is 188 Å². The Labute approximate surface area is 541 Å². The molecule has 19 aromatic rings. The Kier molecular flexibility index (Phi) is 12.1. The fraction of sp³-hybridized carbons (Fsp3) is 0.0682. The van der Waals surface area contributed by atoms with Gasteiger partial charge in [-0.2, -0.15) is 0 Å². The fourth-order valence-electron chi connectivity index (χ4n) is 15.1. The van der Waals surface area contributed by atoms with Gasteiger partial charge in [0.25, 0.3) is 0 Å². The Morgan fingerprint density at radius 2 is 0.638 bits per heavy atom. The molecule has 0 aliphatic heterocycles. The van der Waals surface area contributed by atoms with Crippen LogP contribution in [-0.2, 0) is 6.42 Å². The lowest BCUT2D eigenvalue weighted by Gasteiger charge is -2.27. The first kappa shape index (κ1) is 53.9. The third kappa shape index (κ3) is 8.70. The molecule has 0 fully saturated rings. The monoisotopic (exact) mass is 1210 g/mol. The van der Waals surface area contributed by atoms with Crippen LogP contribution in [0.5, 0.6) is 0 Å². The maximum atomic E-state index is 6.85. The molecule has 19 rings (SSSR count). The van der Waals surface area contributed by atoms with Crippen LogP contribution in [0.1, 0.15) is 49.3 Å². The lowest BCUT2D eigenvalue weighted by atomic mass is 9.92. The molecular weight excluding hydrogens is 1150 g/mol. The zero-order valence-corrected chi connectivity index (χ0v) is 52.0. The number of anilines is 6. The van der Waals surface area contributed by atoms with Crippen LogP contribution < -0.4 is 9.80 Å². The molecule has 0 aliphatic rings. The molecule has 1 atom stereocenters. The molecule has 6 nitrogen and oxygen atoms in total. The van der Waals surface area contributed by atoms with E-state index < -0.39 is 0 Å². The summed E-state index contributed by atoms with van der Waals surface area (Å²) in [4.78, 5) is 4.73. The lowest BCUT2D eigenvalue weighted by Crippen LogP contribution is -2.10. The van der Waals surface area contributed by atoms with Crippen molar-refractivity contribution in [1.82, 2.24) is 0 Å². The minimum Gasteiger partial charge on any atom is -0.456 e. The topological polar surface area (TPSA) is 59.0 Å². The van der Waals surface area contributed by atoms with Crippen LogP contribution in [0.4, 0.5) is 34.1 Å². The van der Waals surface area contributed by atoms with Crippen LogP contribution in [0, 0.1) is 0 Å². The highest BCUT2D eigenvalue weighted by atomic mass is 16.3. The molecule has 4 heterocycles. The Morgan fingerprint density at radius 1 is 0.255 bits per heavy atom. The Morgan fingerprint density at radius 3 is 1.12 bits per heavy atom. The summed E-state index contributed by atoms with van der Waals surface area (Å²) in [5.41, 5.74) is 19.1. The summed E-state index contributed by atoms with van der Waals surface area (Å²) in [6, 6.07) is 103. The lowest BCUT2D eigenvalue weighted by molar-refractivity contribution is 0.667. The summed E-state index contributed by atoms with van der Waals surface area (Å²) in [7, 11) is 0. The summed E-state index contributed by atoms with van der Waals surface area (Å²) in [5, 5.41) is 18.3. The van der Waals surface area contributed by atoms with Crippen molar-refractivity contribution in [3.05, 3.63) is 302 Å². The Bertz CT molecular complexity index is 6300. The van der Waals surface area contributed by atoms with Crippen LogP contribution in [0.2, 0.25) is 0 Å². The van der Waals surface area contributed by atoms with E-state index in [1.807, 2.05) is 0 Å². The molecule has 0 amide bonds. The van der Waals surface area contributed by atoms with Crippen LogP contribution in [0.15, 0.2) is 303 Å². The maximum absolute atomic E-state index is 6.85. The summed E-state index contributed by atoms with van der Waals surface area (Å²) < 4.78 is 27.0. The van der Waals surface area contributed by atoms with E-state index in [1.54, 1.807) is 0 Å². The standard InChI is InChI=1S/C88H60N2O4/c1-52(2)56-26-38-82-76(43-56)72-34-30-62(49-86(72)92-82)89(79-46-59-17-7-9-19-65(59)67-21-11-13-23-69(67)79)61-29-33-71-75-42-54(25-37-81(75)91-85(71)48-61)41-53(3)57-27-39-83-77(44-57)73-35-31-63(50-87(73)93-83)90(80-47-60-18-8-10-20-66(60)68-22-12-14-24-70(68)80)64-32-36-74-78-45-58(55-15-5-4-6-16-55)28-40-84(78)94-88(74)51-64/h4-40,42-53H,41H2,1-3H3. The zero-order chi connectivity index (χ0) is 62.3. The quantitative estimate of drug-likeness (QED) is 0.120. The summed E-state index contributed by atoms with van der Waals surface area (Å²) in [6.07, 6.45) is 0.844. The number of furan rings is 4. The number of fused-ring (bicyclic) bond motifs is 18. The van der Waals surface area contributed by atoms with E-state index in [2.05, 4.69) is 316 Å². The van der Waals surface area contributed by atoms with Gasteiger partial charge in [-0.25, -0.2) is 0 Å². The average Bonchev–Trinajstić information content (AvgIpc) is 1.15. The van der Waals surface area contributed by atoms with E-state index in [9.17, 15) is 0 Å². The summed E-state index contributed by atoms with van der Waals surface area (Å²) >= 11 is 0. The van der Waals surface area contributed by atoms with Gasteiger partial charge in [-0.15, -0.1) is 0 Å². The van der Waals surface area contributed by atoms with E-state index in [0.29, 0.717) is 5.92 Å². The van der Waals surface area contributed by atoms with Gasteiger partial charge >= 0.3 is 0 Å². The highest BCUT2D eigenvalue weighted by Gasteiger charge is 2.25. The van der Waals surface area contributed by atoms with E-state index in [0.717, 1.165) is 145 Å². The van der Waals surface area contributed by atoms with E-state index in [4.69, 9.17) is 17.7 Å². The van der Waals surface area contributed by atoms with Crippen LogP contribution in [-0.4, -0.2) is 0 Å². The first-order valence-electron chi connectivity index (χ1n) is 32.6. The number of hydrogen-bond acceptors (Lipinski definition) is 6. The van der Waals surface area contributed by atoms with E-state index in [-0.39, 0.29) is 5.92 Å². The molecule has 15 aromatic carbocycles. The van der Waals surface area contributed by atoms with Crippen molar-refractivity contribution in [3.63, 3.8) is 0 Å². The molecule has 0 saturated carbocycles. The molecule has 446 valence electrons. The molecule has 6 heteroatoms. The van der Waals surface area contributed by atoms with Crippen molar-refractivity contribution in [2.45, 2.75) is 39.0 Å². The van der Waals surface area contributed by atoms with Gasteiger partial charge in [0.15, 0.2) is 0 Å². The third-order valence-electron chi connectivity index (χ3n) is 19.8. The van der Waals surface area contributed by atoms with Gasteiger partial charge in [-0.1, -0.05) is 172 Å². The second-order valence-electron chi connectivity index (χ2n) is 25.8. The minimum atomic E-state index is 0.206. The zero-order valence-electron chi connectivity index (χ0n) is 52.0. The highest BCUT2D eigenvalue weighted by molar-refractivity contribution is 6.18. The number of hydrogen-bond donors (Lipinski definition) is 0. The largest absolute Gasteiger partial charge is 0.456 e. The van der Waals surface area contributed by atoms with Crippen LogP contribution in [0.25, 0.3) is 142 Å². The van der Waals surface area contributed by atoms with Crippen LogP contribution in [0.3, 0.4) is 0 Å². The maximum Gasteiger partial charge on any atom is 0.137 e. The van der Waals surface area contributed by atoms with Crippen molar-refractivity contribution in [2.75, 3.05) is 9.80 Å². The molecule has 4 aromatic heterocycles. The van der Waals surface area contributed by atoms with E-state index >= 15 is 0 Å². The second-order valence-corrected chi connectivity index (χ2v) is 25.8. The smallest absolute Gasteiger partial charge is 0.137 e. The number of nitrogens with zero attached hydrogens (tertiary/aromatic N) is 2. The summed E-state index contributed by atoms with van der Waals surface area (Å²) in [6.45, 7) is 6.80. The molecule has 0 N–H and O–H groups in total. The molecule has 1 unspecified atom stereocenters. The first-order valence-corrected chi connectivity index (χ1v) is 32.6. The fourth-order valence-corrected chi connectivity index (χ4v) is 15.1. The molecule has 0 aliphatic carbocycles. The highest BCUT2D eigenvalue weighted by Crippen LogP contribution is 2.48. The number of rotatable bonds is 11. The van der Waals surface area contributed by atoms with Gasteiger partial charge in [0.1, 0.15) is 44.7 Å². The summed E-state index contributed by atoms with van der Waals surface area (Å²) in [5.74, 6) is 0.619. The molecular formula is C88H60N2O4. The third-order valence-corrected chi connectivity index (χ3v) is 19.8. The van der Waals surface area contributed by atoms with Gasteiger partial charge in [0, 0.05) is 101 Å².